The maximum Gasteiger partial charge on any atom is 0.286 e. The first kappa shape index (κ1) is 8.71. The second-order valence-electron chi connectivity index (χ2n) is 2.82. The van der Waals surface area contributed by atoms with Gasteiger partial charge in [-0.15, -0.1) is 5.06 Å². The van der Waals surface area contributed by atoms with Crippen molar-refractivity contribution in [2.24, 2.45) is 0 Å². The SMILES string of the molecule is CON1C(=O)c2ccc(O)cc2C1=O. The summed E-state index contributed by atoms with van der Waals surface area (Å²) in [6.45, 7) is 0. The van der Waals surface area contributed by atoms with Gasteiger partial charge in [0.25, 0.3) is 11.8 Å². The molecule has 1 heterocycles. The average Bonchev–Trinajstić information content (AvgIpc) is 2.39. The number of carbonyl (C=O) groups is 2. The molecule has 0 aromatic heterocycles. The van der Waals surface area contributed by atoms with E-state index in [0.717, 1.165) is 0 Å². The summed E-state index contributed by atoms with van der Waals surface area (Å²) in [5.41, 5.74) is 0.409. The zero-order valence-electron chi connectivity index (χ0n) is 7.35. The number of aromatic hydroxyl groups is 1. The fourth-order valence-corrected chi connectivity index (χ4v) is 1.37. The standard InChI is InChI=1S/C9H7NO4/c1-14-10-8(12)6-3-2-5(11)4-7(6)9(10)13/h2-4,11H,1H3. The molecule has 72 valence electrons. The number of benzene rings is 1. The summed E-state index contributed by atoms with van der Waals surface area (Å²) in [4.78, 5) is 27.5. The summed E-state index contributed by atoms with van der Waals surface area (Å²) in [5, 5.41) is 9.79. The average molecular weight is 193 g/mol. The zero-order valence-corrected chi connectivity index (χ0v) is 7.35. The first-order chi connectivity index (χ1) is 6.65. The van der Waals surface area contributed by atoms with E-state index in [4.69, 9.17) is 5.11 Å². The van der Waals surface area contributed by atoms with Crippen molar-refractivity contribution in [3.05, 3.63) is 29.3 Å². The van der Waals surface area contributed by atoms with Crippen molar-refractivity contribution < 1.29 is 19.5 Å². The van der Waals surface area contributed by atoms with Gasteiger partial charge in [-0.25, -0.2) is 0 Å². The summed E-state index contributed by atoms with van der Waals surface area (Å²) in [6.07, 6.45) is 0. The van der Waals surface area contributed by atoms with Crippen LogP contribution in [0, 0.1) is 0 Å². The highest BCUT2D eigenvalue weighted by Gasteiger charge is 2.36. The number of hydrogen-bond donors (Lipinski definition) is 1. The number of carbonyl (C=O) groups excluding carboxylic acids is 2. The van der Waals surface area contributed by atoms with Crippen LogP contribution >= 0.6 is 0 Å². The number of amides is 2. The Bertz CT molecular complexity index is 427. The Hall–Kier alpha value is -1.88. The lowest BCUT2D eigenvalue weighted by atomic mass is 10.1. The Morgan fingerprint density at radius 1 is 1.21 bits per heavy atom. The molecule has 0 bridgehead atoms. The van der Waals surface area contributed by atoms with Crippen molar-refractivity contribution in [3.8, 4) is 5.75 Å². The second-order valence-corrected chi connectivity index (χ2v) is 2.82. The van der Waals surface area contributed by atoms with Gasteiger partial charge in [0.15, 0.2) is 0 Å². The van der Waals surface area contributed by atoms with E-state index in [0.29, 0.717) is 5.06 Å². The van der Waals surface area contributed by atoms with Gasteiger partial charge >= 0.3 is 0 Å². The Kier molecular flexibility index (Phi) is 1.75. The molecule has 1 aromatic rings. The van der Waals surface area contributed by atoms with Crippen LogP contribution in [-0.4, -0.2) is 29.1 Å². The summed E-state index contributed by atoms with van der Waals surface area (Å²) >= 11 is 0. The fourth-order valence-electron chi connectivity index (χ4n) is 1.37. The van der Waals surface area contributed by atoms with Crippen LogP contribution in [-0.2, 0) is 4.84 Å². The molecule has 14 heavy (non-hydrogen) atoms. The summed E-state index contributed by atoms with van der Waals surface area (Å²) in [7, 11) is 1.24. The molecule has 1 N–H and O–H groups in total. The Morgan fingerprint density at radius 3 is 2.50 bits per heavy atom. The molecule has 1 aromatic carbocycles. The van der Waals surface area contributed by atoms with E-state index in [1.807, 2.05) is 0 Å². The molecule has 5 heteroatoms. The number of hydroxylamine groups is 2. The van der Waals surface area contributed by atoms with Crippen LogP contribution in [0.15, 0.2) is 18.2 Å². The van der Waals surface area contributed by atoms with Gasteiger partial charge in [0.05, 0.1) is 18.2 Å². The lowest BCUT2D eigenvalue weighted by Crippen LogP contribution is -2.28. The summed E-state index contributed by atoms with van der Waals surface area (Å²) < 4.78 is 0. The lowest BCUT2D eigenvalue weighted by Gasteiger charge is -2.07. The van der Waals surface area contributed by atoms with Gasteiger partial charge in [-0.2, -0.15) is 0 Å². The number of fused-ring (bicyclic) bond motifs is 1. The molecule has 0 spiro atoms. The van der Waals surface area contributed by atoms with Crippen molar-refractivity contribution in [3.63, 3.8) is 0 Å². The van der Waals surface area contributed by atoms with Crippen molar-refractivity contribution in [2.75, 3.05) is 7.11 Å². The third-order valence-electron chi connectivity index (χ3n) is 2.02. The van der Waals surface area contributed by atoms with Gasteiger partial charge in [-0.3, -0.25) is 14.4 Å². The predicted molar refractivity (Wildman–Crippen MR) is 45.6 cm³/mol. The number of rotatable bonds is 1. The third kappa shape index (κ3) is 0.993. The van der Waals surface area contributed by atoms with Crippen molar-refractivity contribution in [1.82, 2.24) is 5.06 Å². The number of imide groups is 1. The highest BCUT2D eigenvalue weighted by molar-refractivity contribution is 6.20. The molecule has 0 fully saturated rings. The lowest BCUT2D eigenvalue weighted by molar-refractivity contribution is -0.0645. The summed E-state index contributed by atoms with van der Waals surface area (Å²) in [6, 6.07) is 3.99. The number of nitrogens with zero attached hydrogens (tertiary/aromatic N) is 1. The maximum absolute atomic E-state index is 11.5. The molecule has 2 amide bonds. The molecular formula is C9H7NO4. The first-order valence-corrected chi connectivity index (χ1v) is 3.91. The van der Waals surface area contributed by atoms with E-state index in [1.54, 1.807) is 0 Å². The van der Waals surface area contributed by atoms with Gasteiger partial charge in [-0.05, 0) is 18.2 Å². The van der Waals surface area contributed by atoms with Crippen LogP contribution in [0.1, 0.15) is 20.7 Å². The van der Waals surface area contributed by atoms with Gasteiger partial charge in [0.2, 0.25) is 0 Å². The molecule has 1 aliphatic rings. The molecular weight excluding hydrogens is 186 g/mol. The van der Waals surface area contributed by atoms with Crippen LogP contribution in [0.5, 0.6) is 5.75 Å². The van der Waals surface area contributed by atoms with Crippen LogP contribution in [0.25, 0.3) is 0 Å². The second kappa shape index (κ2) is 2.81. The monoisotopic (exact) mass is 193 g/mol. The van der Waals surface area contributed by atoms with E-state index in [-0.39, 0.29) is 16.9 Å². The van der Waals surface area contributed by atoms with Gasteiger partial charge in [0.1, 0.15) is 5.75 Å². The molecule has 5 nitrogen and oxygen atoms in total. The minimum Gasteiger partial charge on any atom is -0.508 e. The normalized spacial score (nSPS) is 14.8. The molecule has 0 saturated carbocycles. The highest BCUT2D eigenvalue weighted by atomic mass is 16.7. The highest BCUT2D eigenvalue weighted by Crippen LogP contribution is 2.25. The number of phenols is 1. The van der Waals surface area contributed by atoms with E-state index in [1.165, 1.54) is 25.3 Å². The largest absolute Gasteiger partial charge is 0.508 e. The smallest absolute Gasteiger partial charge is 0.286 e. The molecule has 0 unspecified atom stereocenters. The van der Waals surface area contributed by atoms with Crippen LogP contribution < -0.4 is 0 Å². The predicted octanol–water partition coefficient (Wildman–Crippen LogP) is 0.550. The molecule has 0 atom stereocenters. The van der Waals surface area contributed by atoms with E-state index in [2.05, 4.69) is 4.84 Å². The number of phenolic OH excluding ortho intramolecular Hbond substituents is 1. The molecule has 2 rings (SSSR count). The summed E-state index contributed by atoms with van der Waals surface area (Å²) in [5.74, 6) is -1.11. The molecule has 1 aliphatic heterocycles. The van der Waals surface area contributed by atoms with Crippen molar-refractivity contribution >= 4 is 11.8 Å². The van der Waals surface area contributed by atoms with Gasteiger partial charge in [0, 0.05) is 0 Å². The van der Waals surface area contributed by atoms with Crippen LogP contribution in [0.4, 0.5) is 0 Å². The molecule has 0 aliphatic carbocycles. The third-order valence-corrected chi connectivity index (χ3v) is 2.02. The zero-order chi connectivity index (χ0) is 10.3. The molecule has 0 saturated heterocycles. The van der Waals surface area contributed by atoms with Crippen molar-refractivity contribution in [1.29, 1.82) is 0 Å². The minimum atomic E-state index is -0.552. The Morgan fingerprint density at radius 2 is 1.86 bits per heavy atom. The van der Waals surface area contributed by atoms with E-state index >= 15 is 0 Å². The Balaban J connectivity index is 2.58. The topological polar surface area (TPSA) is 66.8 Å². The Labute approximate surface area is 79.5 Å². The quantitative estimate of drug-likeness (QED) is 0.661. The van der Waals surface area contributed by atoms with E-state index in [9.17, 15) is 9.59 Å². The first-order valence-electron chi connectivity index (χ1n) is 3.91. The number of hydrogen-bond acceptors (Lipinski definition) is 4. The maximum atomic E-state index is 11.5. The van der Waals surface area contributed by atoms with Crippen LogP contribution in [0.2, 0.25) is 0 Å². The van der Waals surface area contributed by atoms with E-state index < -0.39 is 11.8 Å². The van der Waals surface area contributed by atoms with Crippen molar-refractivity contribution in [2.45, 2.75) is 0 Å². The van der Waals surface area contributed by atoms with Gasteiger partial charge in [-0.1, -0.05) is 0 Å². The van der Waals surface area contributed by atoms with Gasteiger partial charge < -0.3 is 5.11 Å². The minimum absolute atomic E-state index is 0.0529. The van der Waals surface area contributed by atoms with Crippen LogP contribution in [0.3, 0.4) is 0 Å². The molecule has 0 radical (unpaired) electrons. The fraction of sp³-hybridized carbons (Fsp3) is 0.111.